The molecule has 1 N–H and O–H groups in total. The normalized spacial score (nSPS) is 9.81. The first-order valence-corrected chi connectivity index (χ1v) is 5.58. The highest BCUT2D eigenvalue weighted by Crippen LogP contribution is 2.20. The zero-order chi connectivity index (χ0) is 11.8. The van der Waals surface area contributed by atoms with Crippen LogP contribution in [-0.2, 0) is 4.74 Å². The van der Waals surface area contributed by atoms with Crippen LogP contribution in [0.4, 0.5) is 5.69 Å². The fourth-order valence-electron chi connectivity index (χ4n) is 1.32. The zero-order valence-electron chi connectivity index (χ0n) is 9.29. The molecule has 0 amide bonds. The monoisotopic (exact) mass is 238 g/mol. The summed E-state index contributed by atoms with van der Waals surface area (Å²) in [6.45, 7) is 1.67. The Labute approximate surface area is 101 Å². The second kappa shape index (κ2) is 7.10. The van der Waals surface area contributed by atoms with E-state index in [0.29, 0.717) is 10.6 Å². The molecule has 0 aliphatic heterocycles. The third kappa shape index (κ3) is 4.09. The number of hydrogen-bond acceptors (Lipinski definition) is 3. The van der Waals surface area contributed by atoms with Gasteiger partial charge in [0.15, 0.2) is 0 Å². The Morgan fingerprint density at radius 3 is 2.88 bits per heavy atom. The average molecular weight is 239 g/mol. The maximum atomic E-state index is 8.71. The Morgan fingerprint density at radius 1 is 1.44 bits per heavy atom. The lowest BCUT2D eigenvalue weighted by Crippen LogP contribution is -2.03. The van der Waals surface area contributed by atoms with E-state index in [2.05, 4.69) is 5.32 Å². The summed E-state index contributed by atoms with van der Waals surface area (Å²) in [5.74, 6) is 0. The summed E-state index contributed by atoms with van der Waals surface area (Å²) in [6.07, 6.45) is 2.08. The quantitative estimate of drug-likeness (QED) is 0.775. The summed E-state index contributed by atoms with van der Waals surface area (Å²) >= 11 is 5.91. The molecule has 0 aromatic heterocycles. The highest BCUT2D eigenvalue weighted by molar-refractivity contribution is 6.32. The summed E-state index contributed by atoms with van der Waals surface area (Å²) in [5, 5.41) is 12.5. The molecule has 0 saturated carbocycles. The number of hydrogen-bond donors (Lipinski definition) is 1. The molecule has 1 aromatic rings. The number of benzene rings is 1. The van der Waals surface area contributed by atoms with E-state index in [1.165, 1.54) is 0 Å². The molecule has 0 spiro atoms. The second-order valence-corrected chi connectivity index (χ2v) is 3.84. The average Bonchev–Trinajstić information content (AvgIpc) is 2.29. The Bertz CT molecular complexity index is 374. The molecule has 1 rings (SSSR count). The van der Waals surface area contributed by atoms with Crippen molar-refractivity contribution in [2.75, 3.05) is 25.6 Å². The summed E-state index contributed by atoms with van der Waals surface area (Å²) in [5.41, 5.74) is 1.45. The lowest BCUT2D eigenvalue weighted by atomic mass is 10.2. The predicted octanol–water partition coefficient (Wildman–Crippen LogP) is 3.05. The van der Waals surface area contributed by atoms with Crippen LogP contribution in [0.2, 0.25) is 5.02 Å². The molecule has 16 heavy (non-hydrogen) atoms. The van der Waals surface area contributed by atoms with E-state index < -0.39 is 0 Å². The van der Waals surface area contributed by atoms with E-state index >= 15 is 0 Å². The highest BCUT2D eigenvalue weighted by Gasteiger charge is 2.00. The molecule has 3 nitrogen and oxygen atoms in total. The minimum atomic E-state index is 0.490. The highest BCUT2D eigenvalue weighted by atomic mass is 35.5. The Hall–Kier alpha value is -1.24. The summed E-state index contributed by atoms with van der Waals surface area (Å²) < 4.78 is 4.96. The van der Waals surface area contributed by atoms with Gasteiger partial charge in [-0.3, -0.25) is 0 Å². The SMILES string of the molecule is COCCCCNc1ccc(C#N)c(Cl)c1. The third-order valence-corrected chi connectivity index (χ3v) is 2.51. The number of methoxy groups -OCH3 is 1. The van der Waals surface area contributed by atoms with E-state index in [0.717, 1.165) is 31.7 Å². The number of nitrogens with one attached hydrogen (secondary N) is 1. The molecule has 4 heteroatoms. The topological polar surface area (TPSA) is 45.0 Å². The van der Waals surface area contributed by atoms with Gasteiger partial charge in [0.1, 0.15) is 6.07 Å². The molecule has 0 aliphatic carbocycles. The summed E-state index contributed by atoms with van der Waals surface area (Å²) in [6, 6.07) is 7.39. The van der Waals surface area contributed by atoms with Gasteiger partial charge in [0.05, 0.1) is 10.6 Å². The predicted molar refractivity (Wildman–Crippen MR) is 65.8 cm³/mol. The van der Waals surface area contributed by atoms with Crippen LogP contribution in [0.25, 0.3) is 0 Å². The number of nitriles is 1. The van der Waals surface area contributed by atoms with Crippen LogP contribution in [0.1, 0.15) is 18.4 Å². The van der Waals surface area contributed by atoms with Crippen LogP contribution in [0.5, 0.6) is 0 Å². The van der Waals surface area contributed by atoms with Gasteiger partial charge < -0.3 is 10.1 Å². The van der Waals surface area contributed by atoms with Gasteiger partial charge >= 0.3 is 0 Å². The van der Waals surface area contributed by atoms with Crippen LogP contribution in [-0.4, -0.2) is 20.3 Å². The van der Waals surface area contributed by atoms with Crippen molar-refractivity contribution in [1.29, 1.82) is 5.26 Å². The molecular formula is C12H15ClN2O. The molecule has 0 fully saturated rings. The van der Waals surface area contributed by atoms with E-state index in [9.17, 15) is 0 Å². The standard InChI is InChI=1S/C12H15ClN2O/c1-16-7-3-2-6-15-11-5-4-10(9-14)12(13)8-11/h4-5,8,15H,2-3,6-7H2,1H3. The van der Waals surface area contributed by atoms with Gasteiger partial charge in [-0.2, -0.15) is 5.26 Å². The van der Waals surface area contributed by atoms with Crippen molar-refractivity contribution in [2.45, 2.75) is 12.8 Å². The third-order valence-electron chi connectivity index (χ3n) is 2.19. The zero-order valence-corrected chi connectivity index (χ0v) is 10.0. The van der Waals surface area contributed by atoms with Gasteiger partial charge in [0, 0.05) is 25.9 Å². The Morgan fingerprint density at radius 2 is 2.25 bits per heavy atom. The molecule has 0 radical (unpaired) electrons. The molecule has 0 saturated heterocycles. The van der Waals surface area contributed by atoms with Crippen LogP contribution in [0, 0.1) is 11.3 Å². The molecule has 0 atom stereocenters. The van der Waals surface area contributed by atoms with Crippen LogP contribution >= 0.6 is 11.6 Å². The number of anilines is 1. The number of unbranched alkanes of at least 4 members (excludes halogenated alkanes) is 1. The molecule has 0 heterocycles. The van der Waals surface area contributed by atoms with Gasteiger partial charge in [-0.1, -0.05) is 11.6 Å². The second-order valence-electron chi connectivity index (χ2n) is 3.43. The molecule has 0 unspecified atom stereocenters. The van der Waals surface area contributed by atoms with Gasteiger partial charge in [0.25, 0.3) is 0 Å². The van der Waals surface area contributed by atoms with Crippen molar-refractivity contribution in [1.82, 2.24) is 0 Å². The van der Waals surface area contributed by atoms with Crippen molar-refractivity contribution >= 4 is 17.3 Å². The van der Waals surface area contributed by atoms with Crippen molar-refractivity contribution in [3.05, 3.63) is 28.8 Å². The summed E-state index contributed by atoms with van der Waals surface area (Å²) in [4.78, 5) is 0. The summed E-state index contributed by atoms with van der Waals surface area (Å²) in [7, 11) is 1.70. The number of halogens is 1. The number of rotatable bonds is 6. The van der Waals surface area contributed by atoms with E-state index in [1.54, 1.807) is 19.2 Å². The number of nitrogens with zero attached hydrogens (tertiary/aromatic N) is 1. The lowest BCUT2D eigenvalue weighted by molar-refractivity contribution is 0.194. The number of ether oxygens (including phenoxy) is 1. The van der Waals surface area contributed by atoms with Crippen LogP contribution in [0.15, 0.2) is 18.2 Å². The van der Waals surface area contributed by atoms with E-state index in [4.69, 9.17) is 21.6 Å². The smallest absolute Gasteiger partial charge is 0.101 e. The molecule has 0 aliphatic rings. The van der Waals surface area contributed by atoms with E-state index in [1.807, 2.05) is 12.1 Å². The largest absolute Gasteiger partial charge is 0.385 e. The van der Waals surface area contributed by atoms with Gasteiger partial charge in [-0.05, 0) is 31.0 Å². The van der Waals surface area contributed by atoms with Gasteiger partial charge in [-0.15, -0.1) is 0 Å². The Balaban J connectivity index is 2.38. The van der Waals surface area contributed by atoms with E-state index in [-0.39, 0.29) is 0 Å². The first kappa shape index (κ1) is 12.8. The van der Waals surface area contributed by atoms with Crippen molar-refractivity contribution < 1.29 is 4.74 Å². The minimum absolute atomic E-state index is 0.490. The van der Waals surface area contributed by atoms with Crippen LogP contribution < -0.4 is 5.32 Å². The maximum Gasteiger partial charge on any atom is 0.101 e. The van der Waals surface area contributed by atoms with Crippen molar-refractivity contribution in [3.8, 4) is 6.07 Å². The lowest BCUT2D eigenvalue weighted by Gasteiger charge is -2.06. The first-order valence-electron chi connectivity index (χ1n) is 5.20. The minimum Gasteiger partial charge on any atom is -0.385 e. The van der Waals surface area contributed by atoms with Crippen LogP contribution in [0.3, 0.4) is 0 Å². The molecule has 86 valence electrons. The fraction of sp³-hybridized carbons (Fsp3) is 0.417. The van der Waals surface area contributed by atoms with Crippen molar-refractivity contribution in [3.63, 3.8) is 0 Å². The molecular weight excluding hydrogens is 224 g/mol. The Kier molecular flexibility index (Phi) is 5.69. The maximum absolute atomic E-state index is 8.71. The van der Waals surface area contributed by atoms with Gasteiger partial charge in [0.2, 0.25) is 0 Å². The molecule has 0 bridgehead atoms. The van der Waals surface area contributed by atoms with Crippen molar-refractivity contribution in [2.24, 2.45) is 0 Å². The first-order chi connectivity index (χ1) is 7.77. The van der Waals surface area contributed by atoms with Gasteiger partial charge in [-0.25, -0.2) is 0 Å². The fourth-order valence-corrected chi connectivity index (χ4v) is 1.54. The molecule has 1 aromatic carbocycles.